The van der Waals surface area contributed by atoms with Gasteiger partial charge in [0.2, 0.25) is 0 Å². The minimum atomic E-state index is -4.66. The van der Waals surface area contributed by atoms with Crippen molar-refractivity contribution >= 4 is 22.7 Å². The molecule has 0 unspecified atom stereocenters. The van der Waals surface area contributed by atoms with Crippen LogP contribution < -0.4 is 32.4 Å². The van der Waals surface area contributed by atoms with E-state index in [0.717, 1.165) is 24.3 Å². The molecule has 0 spiro atoms. The van der Waals surface area contributed by atoms with Crippen LogP contribution in [0.2, 0.25) is 0 Å². The average molecular weight is 571 g/mol. The van der Waals surface area contributed by atoms with E-state index in [1.165, 1.54) is 0 Å². The topological polar surface area (TPSA) is 123 Å². The molecule has 0 aliphatic rings. The fraction of sp³-hybridized carbons (Fsp3) is 0.357. The Hall–Kier alpha value is -3.96. The van der Waals surface area contributed by atoms with Crippen molar-refractivity contribution in [1.29, 1.82) is 0 Å². The second-order valence-electron chi connectivity index (χ2n) is 11.5. The average Bonchev–Trinajstić information content (AvgIpc) is 2.75. The summed E-state index contributed by atoms with van der Waals surface area (Å²) in [5.74, 6) is 0.194. The number of alkyl halides is 6. The summed E-state index contributed by atoms with van der Waals surface area (Å²) in [6, 6.07) is 6.20. The van der Waals surface area contributed by atoms with E-state index < -0.39 is 34.3 Å². The van der Waals surface area contributed by atoms with Crippen LogP contribution in [-0.2, 0) is 23.2 Å². The highest BCUT2D eigenvalue weighted by Gasteiger charge is 2.34. The first-order chi connectivity index (χ1) is 18.0. The second-order valence-corrected chi connectivity index (χ2v) is 11.5. The molecule has 40 heavy (non-hydrogen) atoms. The van der Waals surface area contributed by atoms with E-state index in [0.29, 0.717) is 11.1 Å². The van der Waals surface area contributed by atoms with Crippen molar-refractivity contribution in [1.82, 2.24) is 0 Å². The van der Waals surface area contributed by atoms with E-state index in [1.54, 1.807) is 12.1 Å². The molecule has 3 aromatic carbocycles. The summed E-state index contributed by atoms with van der Waals surface area (Å²) < 4.78 is 91.5. The molecule has 0 fully saturated rings. The molecule has 0 atom stereocenters. The van der Waals surface area contributed by atoms with E-state index in [1.807, 2.05) is 41.5 Å². The largest absolute Gasteiger partial charge is 0.453 e. The Morgan fingerprint density at radius 3 is 0.925 bits per heavy atom. The SMILES string of the molecule is CC(C)(C)c1cc(Oc2c(N)cc(C(F)(F)F)cc2N)c(C(C)(C)C)cc1Oc1c(N)cc(C(F)(F)F)cc1N. The summed E-state index contributed by atoms with van der Waals surface area (Å²) in [6.45, 7) is 11.1. The first-order valence-corrected chi connectivity index (χ1v) is 12.1. The fourth-order valence-electron chi connectivity index (χ4n) is 4.03. The quantitative estimate of drug-likeness (QED) is 0.185. The lowest BCUT2D eigenvalue weighted by molar-refractivity contribution is -0.138. The molecular formula is C28H32F6N4O2. The molecule has 0 aromatic heterocycles. The normalized spacial score (nSPS) is 12.9. The van der Waals surface area contributed by atoms with Crippen LogP contribution in [0.15, 0.2) is 36.4 Å². The summed E-state index contributed by atoms with van der Waals surface area (Å²) in [7, 11) is 0. The first kappa shape index (κ1) is 30.6. The lowest BCUT2D eigenvalue weighted by Crippen LogP contribution is -2.18. The Morgan fingerprint density at radius 1 is 0.475 bits per heavy atom. The number of nitrogens with two attached hydrogens (primary N) is 4. The van der Waals surface area contributed by atoms with Gasteiger partial charge in [-0.1, -0.05) is 41.5 Å². The van der Waals surface area contributed by atoms with Crippen molar-refractivity contribution in [3.63, 3.8) is 0 Å². The lowest BCUT2D eigenvalue weighted by Gasteiger charge is -2.29. The van der Waals surface area contributed by atoms with Gasteiger partial charge in [-0.15, -0.1) is 0 Å². The molecule has 12 heteroatoms. The van der Waals surface area contributed by atoms with Gasteiger partial charge >= 0.3 is 12.4 Å². The molecular weight excluding hydrogens is 538 g/mol. The lowest BCUT2D eigenvalue weighted by atomic mass is 9.80. The highest BCUT2D eigenvalue weighted by atomic mass is 19.4. The van der Waals surface area contributed by atoms with Crippen molar-refractivity contribution in [2.24, 2.45) is 0 Å². The minimum absolute atomic E-state index is 0.150. The number of anilines is 4. The third-order valence-electron chi connectivity index (χ3n) is 6.07. The van der Waals surface area contributed by atoms with Gasteiger partial charge in [0.1, 0.15) is 11.5 Å². The molecule has 0 aliphatic carbocycles. The number of ether oxygens (including phenoxy) is 2. The monoisotopic (exact) mass is 570 g/mol. The van der Waals surface area contributed by atoms with Crippen molar-refractivity contribution < 1.29 is 35.8 Å². The zero-order chi connectivity index (χ0) is 30.6. The van der Waals surface area contributed by atoms with Gasteiger partial charge in [0.15, 0.2) is 11.5 Å². The van der Waals surface area contributed by atoms with Crippen LogP contribution in [0.4, 0.5) is 49.1 Å². The molecule has 0 aliphatic heterocycles. The van der Waals surface area contributed by atoms with Crippen LogP contribution in [0.5, 0.6) is 23.0 Å². The molecule has 0 saturated carbocycles. The predicted octanol–water partition coefficient (Wildman–Crippen LogP) is 8.23. The Labute approximate surface area is 228 Å². The molecule has 3 rings (SSSR count). The predicted molar refractivity (Wildman–Crippen MR) is 145 cm³/mol. The van der Waals surface area contributed by atoms with Gasteiger partial charge < -0.3 is 32.4 Å². The highest BCUT2D eigenvalue weighted by molar-refractivity contribution is 5.72. The molecule has 8 N–H and O–H groups in total. The third-order valence-corrected chi connectivity index (χ3v) is 6.07. The highest BCUT2D eigenvalue weighted by Crippen LogP contribution is 2.48. The number of rotatable bonds is 4. The van der Waals surface area contributed by atoms with Gasteiger partial charge in [-0.05, 0) is 47.2 Å². The molecule has 0 heterocycles. The Kier molecular flexibility index (Phi) is 7.57. The molecule has 6 nitrogen and oxygen atoms in total. The second kappa shape index (κ2) is 9.90. The van der Waals surface area contributed by atoms with Gasteiger partial charge in [0.25, 0.3) is 0 Å². The van der Waals surface area contributed by atoms with Crippen molar-refractivity contribution in [3.05, 3.63) is 58.7 Å². The van der Waals surface area contributed by atoms with E-state index in [9.17, 15) is 26.3 Å². The van der Waals surface area contributed by atoms with E-state index in [2.05, 4.69) is 0 Å². The van der Waals surface area contributed by atoms with Crippen LogP contribution in [0.1, 0.15) is 63.8 Å². The van der Waals surface area contributed by atoms with Crippen LogP contribution in [-0.4, -0.2) is 0 Å². The number of nitrogen functional groups attached to an aromatic ring is 4. The van der Waals surface area contributed by atoms with E-state index in [-0.39, 0.29) is 45.7 Å². The minimum Gasteiger partial charge on any atom is -0.453 e. The van der Waals surface area contributed by atoms with Gasteiger partial charge in [-0.25, -0.2) is 0 Å². The van der Waals surface area contributed by atoms with Crippen LogP contribution in [0, 0.1) is 0 Å². The zero-order valence-corrected chi connectivity index (χ0v) is 22.9. The summed E-state index contributed by atoms with van der Waals surface area (Å²) in [4.78, 5) is 0. The maximum absolute atomic E-state index is 13.2. The number of halogens is 6. The summed E-state index contributed by atoms with van der Waals surface area (Å²) in [5.41, 5.74) is 20.3. The van der Waals surface area contributed by atoms with E-state index in [4.69, 9.17) is 32.4 Å². The smallest absolute Gasteiger partial charge is 0.416 e. The standard InChI is InChI=1S/C28H32F6N4O2/c1-25(2,3)15-11-22(40-24-19(37)9-14(10-20(24)38)28(32,33)34)16(26(4,5)6)12-21(15)39-23-17(35)7-13(8-18(23)36)27(29,30)31/h7-12H,35-38H2,1-6H3. The Morgan fingerprint density at radius 2 is 0.725 bits per heavy atom. The molecule has 0 amide bonds. The van der Waals surface area contributed by atoms with Gasteiger partial charge in [0, 0.05) is 11.1 Å². The fourth-order valence-corrected chi connectivity index (χ4v) is 4.03. The van der Waals surface area contributed by atoms with Crippen LogP contribution in [0.3, 0.4) is 0 Å². The van der Waals surface area contributed by atoms with Crippen LogP contribution >= 0.6 is 0 Å². The zero-order valence-electron chi connectivity index (χ0n) is 22.9. The van der Waals surface area contributed by atoms with Crippen molar-refractivity contribution in [2.75, 3.05) is 22.9 Å². The van der Waals surface area contributed by atoms with E-state index >= 15 is 0 Å². The number of hydrogen-bond donors (Lipinski definition) is 4. The van der Waals surface area contributed by atoms with Crippen molar-refractivity contribution in [2.45, 2.75) is 64.7 Å². The van der Waals surface area contributed by atoms with Crippen molar-refractivity contribution in [3.8, 4) is 23.0 Å². The molecule has 3 aromatic rings. The Balaban J connectivity index is 2.21. The maximum Gasteiger partial charge on any atom is 0.416 e. The molecule has 0 saturated heterocycles. The molecule has 0 radical (unpaired) electrons. The molecule has 218 valence electrons. The number of benzene rings is 3. The maximum atomic E-state index is 13.2. The van der Waals surface area contributed by atoms with Gasteiger partial charge in [0.05, 0.1) is 33.9 Å². The van der Waals surface area contributed by atoms with Gasteiger partial charge in [-0.2, -0.15) is 26.3 Å². The molecule has 0 bridgehead atoms. The summed E-state index contributed by atoms with van der Waals surface area (Å²) in [6.07, 6.45) is -9.31. The summed E-state index contributed by atoms with van der Waals surface area (Å²) >= 11 is 0. The summed E-state index contributed by atoms with van der Waals surface area (Å²) in [5, 5.41) is 0. The Bertz CT molecular complexity index is 1280. The third kappa shape index (κ3) is 6.43. The van der Waals surface area contributed by atoms with Gasteiger partial charge in [-0.3, -0.25) is 0 Å². The first-order valence-electron chi connectivity index (χ1n) is 12.1. The van der Waals surface area contributed by atoms with Crippen LogP contribution in [0.25, 0.3) is 0 Å². The number of hydrogen-bond acceptors (Lipinski definition) is 6.